The van der Waals surface area contributed by atoms with Gasteiger partial charge < -0.3 is 15.3 Å². The van der Waals surface area contributed by atoms with Crippen LogP contribution in [0.25, 0.3) is 0 Å². The maximum absolute atomic E-state index is 12.1. The Bertz CT molecular complexity index is 475. The third kappa shape index (κ3) is 3.57. The predicted molar refractivity (Wildman–Crippen MR) is 75.0 cm³/mol. The third-order valence-corrected chi connectivity index (χ3v) is 3.61. The van der Waals surface area contributed by atoms with Crippen molar-refractivity contribution in [3.63, 3.8) is 0 Å². The molecule has 0 saturated carbocycles. The summed E-state index contributed by atoms with van der Waals surface area (Å²) < 4.78 is 0. The molecule has 1 aliphatic heterocycles. The predicted octanol–water partition coefficient (Wildman–Crippen LogP) is 0.327. The molecule has 5 nitrogen and oxygen atoms in total. The Labute approximate surface area is 118 Å². The van der Waals surface area contributed by atoms with Crippen molar-refractivity contribution in [1.82, 2.24) is 10.2 Å². The second-order valence-corrected chi connectivity index (χ2v) is 5.11. The van der Waals surface area contributed by atoms with E-state index >= 15 is 0 Å². The maximum atomic E-state index is 12.1. The topological polar surface area (TPSA) is 69.6 Å². The summed E-state index contributed by atoms with van der Waals surface area (Å²) in [6.45, 7) is 1.91. The molecule has 1 saturated heterocycles. The van der Waals surface area contributed by atoms with Crippen LogP contribution in [0.2, 0.25) is 0 Å². The fourth-order valence-electron chi connectivity index (χ4n) is 2.55. The molecule has 2 amide bonds. The number of aliphatic hydroxyl groups excluding tert-OH is 1. The summed E-state index contributed by atoms with van der Waals surface area (Å²) in [5, 5.41) is 12.6. The Morgan fingerprint density at radius 2 is 2.05 bits per heavy atom. The second-order valence-electron chi connectivity index (χ2n) is 5.11. The molecular formula is C15H20N2O3. The zero-order chi connectivity index (χ0) is 14.5. The van der Waals surface area contributed by atoms with E-state index in [-0.39, 0.29) is 24.4 Å². The van der Waals surface area contributed by atoms with Gasteiger partial charge in [0.2, 0.25) is 11.8 Å². The number of nitrogens with zero attached hydrogens (tertiary/aromatic N) is 1. The van der Waals surface area contributed by atoms with Gasteiger partial charge in [0.05, 0.1) is 18.7 Å². The molecule has 0 bridgehead atoms. The average Bonchev–Trinajstić information content (AvgIpc) is 2.79. The Kier molecular flexibility index (Phi) is 4.74. The number of nitrogens with one attached hydrogen (secondary N) is 1. The molecule has 0 unspecified atom stereocenters. The smallest absolute Gasteiger partial charge is 0.242 e. The number of hydrogen-bond acceptors (Lipinski definition) is 3. The van der Waals surface area contributed by atoms with Crippen molar-refractivity contribution < 1.29 is 14.7 Å². The SMILES string of the molecule is CC(=O)NCC(=O)N1CC[C@@H](O)[C@@H]1Cc1ccccc1. The minimum Gasteiger partial charge on any atom is -0.391 e. The maximum Gasteiger partial charge on any atom is 0.242 e. The lowest BCUT2D eigenvalue weighted by molar-refractivity contribution is -0.133. The number of carbonyl (C=O) groups excluding carboxylic acids is 2. The second kappa shape index (κ2) is 6.52. The zero-order valence-electron chi connectivity index (χ0n) is 11.6. The van der Waals surface area contributed by atoms with E-state index < -0.39 is 6.10 Å². The highest BCUT2D eigenvalue weighted by Crippen LogP contribution is 2.21. The molecule has 2 rings (SSSR count). The molecule has 0 aromatic heterocycles. The van der Waals surface area contributed by atoms with Gasteiger partial charge in [-0.2, -0.15) is 0 Å². The van der Waals surface area contributed by atoms with Crippen LogP contribution in [-0.4, -0.2) is 47.1 Å². The largest absolute Gasteiger partial charge is 0.391 e. The molecule has 108 valence electrons. The molecule has 1 heterocycles. The number of rotatable bonds is 4. The molecule has 0 aliphatic carbocycles. The average molecular weight is 276 g/mol. The van der Waals surface area contributed by atoms with Crippen LogP contribution in [0.5, 0.6) is 0 Å². The van der Waals surface area contributed by atoms with Gasteiger partial charge in [-0.05, 0) is 18.4 Å². The number of hydrogen-bond donors (Lipinski definition) is 2. The van der Waals surface area contributed by atoms with Gasteiger partial charge in [-0.15, -0.1) is 0 Å². The monoisotopic (exact) mass is 276 g/mol. The highest BCUT2D eigenvalue weighted by atomic mass is 16.3. The summed E-state index contributed by atoms with van der Waals surface area (Å²) in [6.07, 6.45) is 0.716. The Balaban J connectivity index is 2.01. The summed E-state index contributed by atoms with van der Waals surface area (Å²) >= 11 is 0. The highest BCUT2D eigenvalue weighted by molar-refractivity contribution is 5.84. The normalized spacial score (nSPS) is 21.8. The van der Waals surface area contributed by atoms with Gasteiger partial charge in [-0.1, -0.05) is 30.3 Å². The van der Waals surface area contributed by atoms with E-state index in [0.717, 1.165) is 5.56 Å². The first-order valence-corrected chi connectivity index (χ1v) is 6.84. The van der Waals surface area contributed by atoms with E-state index in [2.05, 4.69) is 5.32 Å². The first kappa shape index (κ1) is 14.5. The number of amides is 2. The molecular weight excluding hydrogens is 256 g/mol. The molecule has 1 aromatic carbocycles. The molecule has 1 aliphatic rings. The van der Waals surface area contributed by atoms with Crippen LogP contribution in [0.1, 0.15) is 18.9 Å². The lowest BCUT2D eigenvalue weighted by Gasteiger charge is -2.26. The van der Waals surface area contributed by atoms with Gasteiger partial charge >= 0.3 is 0 Å². The standard InChI is InChI=1S/C15H20N2O3/c1-11(18)16-10-15(20)17-8-7-14(19)13(17)9-12-5-3-2-4-6-12/h2-6,13-14,19H,7-10H2,1H3,(H,16,18)/t13-,14+/m0/s1. The molecule has 5 heteroatoms. The van der Waals surface area contributed by atoms with Gasteiger partial charge in [0.15, 0.2) is 0 Å². The number of carbonyl (C=O) groups is 2. The van der Waals surface area contributed by atoms with Crippen molar-refractivity contribution >= 4 is 11.8 Å². The van der Waals surface area contributed by atoms with Crippen LogP contribution in [0.15, 0.2) is 30.3 Å². The number of aliphatic hydroxyl groups is 1. The Morgan fingerprint density at radius 1 is 1.35 bits per heavy atom. The molecule has 0 radical (unpaired) electrons. The van der Waals surface area contributed by atoms with Gasteiger partial charge in [0.25, 0.3) is 0 Å². The van der Waals surface area contributed by atoms with Gasteiger partial charge in [-0.25, -0.2) is 0 Å². The van der Waals surface area contributed by atoms with Crippen LogP contribution in [0, 0.1) is 0 Å². The lowest BCUT2D eigenvalue weighted by atomic mass is 10.0. The van der Waals surface area contributed by atoms with Crippen molar-refractivity contribution in [3.05, 3.63) is 35.9 Å². The van der Waals surface area contributed by atoms with Crippen molar-refractivity contribution in [2.45, 2.75) is 31.9 Å². The first-order chi connectivity index (χ1) is 9.58. The van der Waals surface area contributed by atoms with Crippen molar-refractivity contribution in [1.29, 1.82) is 0 Å². The van der Waals surface area contributed by atoms with E-state index in [1.807, 2.05) is 30.3 Å². The summed E-state index contributed by atoms with van der Waals surface area (Å²) in [5.74, 6) is -0.365. The fourth-order valence-corrected chi connectivity index (χ4v) is 2.55. The molecule has 0 spiro atoms. The van der Waals surface area contributed by atoms with Crippen LogP contribution in [0.4, 0.5) is 0 Å². The third-order valence-electron chi connectivity index (χ3n) is 3.61. The van der Waals surface area contributed by atoms with Crippen LogP contribution >= 0.6 is 0 Å². The first-order valence-electron chi connectivity index (χ1n) is 6.84. The molecule has 20 heavy (non-hydrogen) atoms. The van der Waals surface area contributed by atoms with E-state index in [1.54, 1.807) is 4.90 Å². The molecule has 1 fully saturated rings. The Morgan fingerprint density at radius 3 is 2.70 bits per heavy atom. The number of benzene rings is 1. The molecule has 2 N–H and O–H groups in total. The quantitative estimate of drug-likeness (QED) is 0.832. The van der Waals surface area contributed by atoms with Crippen LogP contribution in [-0.2, 0) is 16.0 Å². The highest BCUT2D eigenvalue weighted by Gasteiger charge is 2.35. The summed E-state index contributed by atoms with van der Waals surface area (Å²) in [7, 11) is 0. The van der Waals surface area contributed by atoms with Gasteiger partial charge in [0.1, 0.15) is 0 Å². The van der Waals surface area contributed by atoms with Crippen molar-refractivity contribution in [2.24, 2.45) is 0 Å². The van der Waals surface area contributed by atoms with Crippen molar-refractivity contribution in [2.75, 3.05) is 13.1 Å². The Hall–Kier alpha value is -1.88. The molecule has 2 atom stereocenters. The minimum atomic E-state index is -0.503. The van der Waals surface area contributed by atoms with Crippen molar-refractivity contribution in [3.8, 4) is 0 Å². The zero-order valence-corrected chi connectivity index (χ0v) is 11.6. The minimum absolute atomic E-state index is 0.00660. The fraction of sp³-hybridized carbons (Fsp3) is 0.467. The van der Waals surface area contributed by atoms with Crippen LogP contribution < -0.4 is 5.32 Å². The van der Waals surface area contributed by atoms with E-state index in [1.165, 1.54) is 6.92 Å². The molecule has 1 aromatic rings. The van der Waals surface area contributed by atoms with Gasteiger partial charge in [0, 0.05) is 13.5 Å². The number of likely N-dealkylation sites (tertiary alicyclic amines) is 1. The van der Waals surface area contributed by atoms with E-state index in [4.69, 9.17) is 0 Å². The lowest BCUT2D eigenvalue weighted by Crippen LogP contribution is -2.45. The van der Waals surface area contributed by atoms with Gasteiger partial charge in [-0.3, -0.25) is 9.59 Å². The van der Waals surface area contributed by atoms with E-state index in [0.29, 0.717) is 19.4 Å². The van der Waals surface area contributed by atoms with Crippen LogP contribution in [0.3, 0.4) is 0 Å². The summed E-state index contributed by atoms with van der Waals surface area (Å²) in [4.78, 5) is 24.6. The summed E-state index contributed by atoms with van der Waals surface area (Å²) in [6, 6.07) is 9.59. The van der Waals surface area contributed by atoms with E-state index in [9.17, 15) is 14.7 Å². The summed E-state index contributed by atoms with van der Waals surface area (Å²) in [5.41, 5.74) is 1.09.